The van der Waals surface area contributed by atoms with E-state index in [2.05, 4.69) is 9.97 Å². The minimum absolute atomic E-state index is 0.0570. The van der Waals surface area contributed by atoms with Crippen LogP contribution in [0.2, 0.25) is 0 Å². The number of aromatic nitrogens is 3. The van der Waals surface area contributed by atoms with Gasteiger partial charge in [0.15, 0.2) is 0 Å². The SMILES string of the molecule is O=C(O)CCc1ccc(-c2ccccc2)n1-c1ccc2[nH]c(=O)[nH]c2c1. The number of carboxylic acid groups (broad SMARTS) is 1. The van der Waals surface area contributed by atoms with Gasteiger partial charge in [0.2, 0.25) is 0 Å². The maximum atomic E-state index is 11.5. The van der Waals surface area contributed by atoms with Gasteiger partial charge in [-0.05, 0) is 42.3 Å². The predicted octanol–water partition coefficient (Wildman–Crippen LogP) is 3.33. The number of carboxylic acids is 1. The highest BCUT2D eigenvalue weighted by molar-refractivity contribution is 5.78. The Morgan fingerprint density at radius 1 is 0.962 bits per heavy atom. The standard InChI is InChI=1S/C20H17N3O3/c24-19(25)11-8-14-7-10-18(13-4-2-1-3-5-13)23(14)15-6-9-16-17(12-15)22-20(26)21-16/h1-7,9-10,12H,8,11H2,(H,24,25)(H2,21,22,26). The first-order valence-electron chi connectivity index (χ1n) is 8.32. The van der Waals surface area contributed by atoms with E-state index in [1.165, 1.54) is 0 Å². The summed E-state index contributed by atoms with van der Waals surface area (Å²) < 4.78 is 2.04. The summed E-state index contributed by atoms with van der Waals surface area (Å²) in [7, 11) is 0. The number of aryl methyl sites for hydroxylation is 1. The molecule has 0 bridgehead atoms. The van der Waals surface area contributed by atoms with Crippen molar-refractivity contribution in [1.29, 1.82) is 0 Å². The van der Waals surface area contributed by atoms with Crippen molar-refractivity contribution in [3.8, 4) is 16.9 Å². The van der Waals surface area contributed by atoms with Crippen molar-refractivity contribution < 1.29 is 9.90 Å². The molecule has 0 fully saturated rings. The number of nitrogens with one attached hydrogen (secondary N) is 2. The Bertz CT molecular complexity index is 1140. The summed E-state index contributed by atoms with van der Waals surface area (Å²) in [5.41, 5.74) is 4.99. The molecule has 4 aromatic rings. The Morgan fingerprint density at radius 3 is 2.50 bits per heavy atom. The van der Waals surface area contributed by atoms with Gasteiger partial charge in [0.05, 0.1) is 23.1 Å². The fraction of sp³-hybridized carbons (Fsp3) is 0.100. The fourth-order valence-electron chi connectivity index (χ4n) is 3.21. The highest BCUT2D eigenvalue weighted by atomic mass is 16.4. The summed E-state index contributed by atoms with van der Waals surface area (Å²) in [6, 6.07) is 19.5. The third-order valence-electron chi connectivity index (χ3n) is 4.38. The summed E-state index contributed by atoms with van der Waals surface area (Å²) in [6.45, 7) is 0. The molecule has 0 spiro atoms. The lowest BCUT2D eigenvalue weighted by Crippen LogP contribution is -2.05. The van der Waals surface area contributed by atoms with Gasteiger partial charge < -0.3 is 19.6 Å². The van der Waals surface area contributed by atoms with Gasteiger partial charge in [-0.3, -0.25) is 4.79 Å². The number of carbonyl (C=O) groups is 1. The lowest BCUT2D eigenvalue weighted by molar-refractivity contribution is -0.136. The van der Waals surface area contributed by atoms with Crippen LogP contribution < -0.4 is 5.69 Å². The van der Waals surface area contributed by atoms with Gasteiger partial charge >= 0.3 is 11.7 Å². The molecule has 0 saturated carbocycles. The van der Waals surface area contributed by atoms with Crippen LogP contribution in [0.25, 0.3) is 28.0 Å². The van der Waals surface area contributed by atoms with Crippen LogP contribution in [0.5, 0.6) is 0 Å². The molecule has 0 saturated heterocycles. The number of fused-ring (bicyclic) bond motifs is 1. The van der Waals surface area contributed by atoms with Crippen LogP contribution in [0.3, 0.4) is 0 Å². The Balaban J connectivity index is 1.88. The predicted molar refractivity (Wildman–Crippen MR) is 99.6 cm³/mol. The second-order valence-electron chi connectivity index (χ2n) is 6.11. The summed E-state index contributed by atoms with van der Waals surface area (Å²) >= 11 is 0. The quantitative estimate of drug-likeness (QED) is 0.517. The molecule has 6 heteroatoms. The first-order valence-corrected chi connectivity index (χ1v) is 8.32. The Hall–Kier alpha value is -3.54. The monoisotopic (exact) mass is 347 g/mol. The van der Waals surface area contributed by atoms with Crippen LogP contribution >= 0.6 is 0 Å². The third-order valence-corrected chi connectivity index (χ3v) is 4.38. The zero-order valence-electron chi connectivity index (χ0n) is 13.9. The minimum atomic E-state index is -0.829. The van der Waals surface area contributed by atoms with E-state index in [9.17, 15) is 9.59 Å². The molecule has 0 aliphatic rings. The van der Waals surface area contributed by atoms with Crippen molar-refractivity contribution in [3.63, 3.8) is 0 Å². The van der Waals surface area contributed by atoms with E-state index in [1.807, 2.05) is 65.2 Å². The first kappa shape index (κ1) is 16.0. The number of nitrogens with zero attached hydrogens (tertiary/aromatic N) is 1. The summed E-state index contributed by atoms with van der Waals surface area (Å²) in [5, 5.41) is 9.05. The van der Waals surface area contributed by atoms with Crippen molar-refractivity contribution in [2.45, 2.75) is 12.8 Å². The average Bonchev–Trinajstić information content (AvgIpc) is 3.22. The number of benzene rings is 2. The Morgan fingerprint density at radius 2 is 1.73 bits per heavy atom. The number of H-pyrrole nitrogens is 2. The maximum absolute atomic E-state index is 11.5. The molecule has 0 atom stereocenters. The molecule has 0 radical (unpaired) electrons. The third kappa shape index (κ3) is 2.93. The Labute approximate surface area is 148 Å². The van der Waals surface area contributed by atoms with Gasteiger partial charge in [0.1, 0.15) is 0 Å². The highest BCUT2D eigenvalue weighted by Gasteiger charge is 2.14. The van der Waals surface area contributed by atoms with E-state index < -0.39 is 5.97 Å². The smallest absolute Gasteiger partial charge is 0.323 e. The molecule has 0 aliphatic heterocycles. The summed E-state index contributed by atoms with van der Waals surface area (Å²) in [5.74, 6) is -0.829. The molecule has 0 amide bonds. The van der Waals surface area contributed by atoms with Crippen molar-refractivity contribution in [1.82, 2.24) is 14.5 Å². The number of rotatable bonds is 5. The van der Waals surface area contributed by atoms with E-state index in [-0.39, 0.29) is 12.1 Å². The molecule has 130 valence electrons. The molecule has 4 rings (SSSR count). The van der Waals surface area contributed by atoms with Crippen LogP contribution in [0, 0.1) is 0 Å². The van der Waals surface area contributed by atoms with Gasteiger partial charge in [-0.15, -0.1) is 0 Å². The van der Waals surface area contributed by atoms with E-state index in [0.29, 0.717) is 11.9 Å². The molecular formula is C20H17N3O3. The number of hydrogen-bond donors (Lipinski definition) is 3. The van der Waals surface area contributed by atoms with Crippen LogP contribution in [0.1, 0.15) is 12.1 Å². The number of hydrogen-bond acceptors (Lipinski definition) is 2. The normalized spacial score (nSPS) is 11.1. The van der Waals surface area contributed by atoms with Gasteiger partial charge in [0, 0.05) is 11.4 Å². The van der Waals surface area contributed by atoms with E-state index in [0.717, 1.165) is 28.2 Å². The van der Waals surface area contributed by atoms with Gasteiger partial charge in [0.25, 0.3) is 0 Å². The molecule has 3 N–H and O–H groups in total. The molecule has 2 aromatic heterocycles. The summed E-state index contributed by atoms with van der Waals surface area (Å²) in [6.07, 6.45) is 0.478. The number of imidazole rings is 1. The molecule has 6 nitrogen and oxygen atoms in total. The van der Waals surface area contributed by atoms with E-state index in [4.69, 9.17) is 5.11 Å². The zero-order valence-corrected chi connectivity index (χ0v) is 13.9. The van der Waals surface area contributed by atoms with Gasteiger partial charge in [-0.1, -0.05) is 30.3 Å². The maximum Gasteiger partial charge on any atom is 0.323 e. The topological polar surface area (TPSA) is 90.9 Å². The molecule has 2 aromatic carbocycles. The highest BCUT2D eigenvalue weighted by Crippen LogP contribution is 2.28. The van der Waals surface area contributed by atoms with Crippen LogP contribution in [-0.4, -0.2) is 25.6 Å². The van der Waals surface area contributed by atoms with Crippen molar-refractivity contribution >= 4 is 17.0 Å². The van der Waals surface area contributed by atoms with Crippen molar-refractivity contribution in [2.75, 3.05) is 0 Å². The molecular weight excluding hydrogens is 330 g/mol. The molecule has 0 unspecified atom stereocenters. The number of aliphatic carboxylic acids is 1. The van der Waals surface area contributed by atoms with E-state index >= 15 is 0 Å². The van der Waals surface area contributed by atoms with Gasteiger partial charge in [-0.2, -0.15) is 0 Å². The molecule has 26 heavy (non-hydrogen) atoms. The number of aromatic amines is 2. The van der Waals surface area contributed by atoms with Crippen LogP contribution in [0.4, 0.5) is 0 Å². The largest absolute Gasteiger partial charge is 0.481 e. The van der Waals surface area contributed by atoms with Crippen molar-refractivity contribution in [2.24, 2.45) is 0 Å². The minimum Gasteiger partial charge on any atom is -0.481 e. The Kier molecular flexibility index (Phi) is 3.93. The van der Waals surface area contributed by atoms with Crippen LogP contribution in [-0.2, 0) is 11.2 Å². The van der Waals surface area contributed by atoms with Crippen molar-refractivity contribution in [3.05, 3.63) is 76.8 Å². The fourth-order valence-corrected chi connectivity index (χ4v) is 3.21. The second-order valence-corrected chi connectivity index (χ2v) is 6.11. The lowest BCUT2D eigenvalue weighted by atomic mass is 10.1. The zero-order chi connectivity index (χ0) is 18.1. The lowest BCUT2D eigenvalue weighted by Gasteiger charge is -2.14. The second kappa shape index (κ2) is 6.40. The summed E-state index contributed by atoms with van der Waals surface area (Å²) in [4.78, 5) is 28.1. The molecule has 0 aliphatic carbocycles. The average molecular weight is 347 g/mol. The van der Waals surface area contributed by atoms with Crippen LogP contribution in [0.15, 0.2) is 65.5 Å². The molecule has 2 heterocycles. The first-order chi connectivity index (χ1) is 12.6. The van der Waals surface area contributed by atoms with E-state index in [1.54, 1.807) is 0 Å². The van der Waals surface area contributed by atoms with Gasteiger partial charge in [-0.25, -0.2) is 4.79 Å².